The van der Waals surface area contributed by atoms with E-state index in [4.69, 9.17) is 9.47 Å². The van der Waals surface area contributed by atoms with Crippen molar-refractivity contribution in [1.29, 1.82) is 0 Å². The van der Waals surface area contributed by atoms with Crippen molar-refractivity contribution in [2.24, 2.45) is 0 Å². The molecule has 0 spiro atoms. The molecule has 6 heteroatoms. The van der Waals surface area contributed by atoms with Gasteiger partial charge in [-0.25, -0.2) is 0 Å². The summed E-state index contributed by atoms with van der Waals surface area (Å²) in [7, 11) is 3.19. The third-order valence-electron chi connectivity index (χ3n) is 5.28. The average molecular weight is 347 g/mol. The third-order valence-corrected chi connectivity index (χ3v) is 5.28. The molecule has 1 saturated heterocycles. The van der Waals surface area contributed by atoms with Crippen molar-refractivity contribution in [3.05, 3.63) is 18.2 Å². The van der Waals surface area contributed by atoms with Gasteiger partial charge in [-0.3, -0.25) is 14.6 Å². The lowest BCUT2D eigenvalue weighted by Gasteiger charge is -2.37. The molecule has 1 aromatic rings. The lowest BCUT2D eigenvalue weighted by atomic mass is 10.2. The zero-order chi connectivity index (χ0) is 17.6. The third kappa shape index (κ3) is 4.64. The summed E-state index contributed by atoms with van der Waals surface area (Å²) in [4.78, 5) is 17.2. The summed E-state index contributed by atoms with van der Waals surface area (Å²) in [5.41, 5.74) is 0.729. The van der Waals surface area contributed by atoms with Gasteiger partial charge in [0.05, 0.1) is 20.8 Å². The van der Waals surface area contributed by atoms with E-state index in [1.807, 2.05) is 6.07 Å². The van der Waals surface area contributed by atoms with E-state index in [-0.39, 0.29) is 5.91 Å². The van der Waals surface area contributed by atoms with E-state index in [2.05, 4.69) is 15.1 Å². The molecule has 3 rings (SSSR count). The van der Waals surface area contributed by atoms with Crippen LogP contribution in [0.15, 0.2) is 18.2 Å². The number of piperazine rings is 1. The number of carbonyl (C=O) groups is 1. The van der Waals surface area contributed by atoms with Gasteiger partial charge in [-0.2, -0.15) is 0 Å². The Morgan fingerprint density at radius 3 is 2.40 bits per heavy atom. The molecule has 2 aliphatic rings. The molecule has 0 radical (unpaired) electrons. The number of nitrogens with zero attached hydrogens (tertiary/aromatic N) is 2. The Labute approximate surface area is 150 Å². The molecule has 138 valence electrons. The Bertz CT molecular complexity index is 579. The molecule has 6 nitrogen and oxygen atoms in total. The number of ether oxygens (including phenoxy) is 2. The number of hydrogen-bond donors (Lipinski definition) is 1. The summed E-state index contributed by atoms with van der Waals surface area (Å²) in [6, 6.07) is 6.20. The van der Waals surface area contributed by atoms with E-state index in [1.54, 1.807) is 26.4 Å². The predicted molar refractivity (Wildman–Crippen MR) is 98.4 cm³/mol. The fourth-order valence-corrected chi connectivity index (χ4v) is 3.87. The van der Waals surface area contributed by atoms with Crippen LogP contribution in [0.3, 0.4) is 0 Å². The smallest absolute Gasteiger partial charge is 0.238 e. The maximum absolute atomic E-state index is 12.3. The standard InChI is InChI=1S/C19H29N3O3/c1-24-17-8-7-15(13-18(17)25-2)20-19(23)14-21-9-11-22(12-10-21)16-5-3-4-6-16/h7-8,13,16H,3-6,9-12,14H2,1-2H3,(H,20,23). The maximum Gasteiger partial charge on any atom is 0.238 e. The van der Waals surface area contributed by atoms with Crippen LogP contribution in [0.5, 0.6) is 11.5 Å². The van der Waals surface area contributed by atoms with Crippen molar-refractivity contribution in [2.45, 2.75) is 31.7 Å². The highest BCUT2D eigenvalue weighted by Crippen LogP contribution is 2.29. The average Bonchev–Trinajstić information content (AvgIpc) is 3.17. The number of benzene rings is 1. The van der Waals surface area contributed by atoms with E-state index in [1.165, 1.54) is 25.7 Å². The summed E-state index contributed by atoms with van der Waals surface area (Å²) >= 11 is 0. The summed E-state index contributed by atoms with van der Waals surface area (Å²) in [6.45, 7) is 4.53. The number of anilines is 1. The second-order valence-corrected chi connectivity index (χ2v) is 6.87. The minimum absolute atomic E-state index is 0.0153. The molecule has 1 heterocycles. The number of methoxy groups -OCH3 is 2. The SMILES string of the molecule is COc1ccc(NC(=O)CN2CCN(C3CCCC3)CC2)cc1OC. The van der Waals surface area contributed by atoms with Gasteiger partial charge < -0.3 is 14.8 Å². The van der Waals surface area contributed by atoms with Crippen LogP contribution in [0.4, 0.5) is 5.69 Å². The van der Waals surface area contributed by atoms with Crippen molar-refractivity contribution in [1.82, 2.24) is 9.80 Å². The van der Waals surface area contributed by atoms with Gasteiger partial charge >= 0.3 is 0 Å². The lowest BCUT2D eigenvalue weighted by Crippen LogP contribution is -2.51. The number of carbonyl (C=O) groups excluding carboxylic acids is 1. The van der Waals surface area contributed by atoms with Crippen LogP contribution >= 0.6 is 0 Å². The van der Waals surface area contributed by atoms with Crippen molar-refractivity contribution in [3.63, 3.8) is 0 Å². The number of nitrogens with one attached hydrogen (secondary N) is 1. The molecule has 1 aliphatic carbocycles. The van der Waals surface area contributed by atoms with Crippen LogP contribution < -0.4 is 14.8 Å². The fraction of sp³-hybridized carbons (Fsp3) is 0.632. The van der Waals surface area contributed by atoms with Crippen LogP contribution in [-0.4, -0.2) is 68.7 Å². The molecule has 1 N–H and O–H groups in total. The molecule has 1 amide bonds. The highest BCUT2D eigenvalue weighted by molar-refractivity contribution is 5.92. The number of amides is 1. The van der Waals surface area contributed by atoms with E-state index in [0.717, 1.165) is 37.9 Å². The Hall–Kier alpha value is -1.79. The Kier molecular flexibility index (Phi) is 6.15. The second-order valence-electron chi connectivity index (χ2n) is 6.87. The fourth-order valence-electron chi connectivity index (χ4n) is 3.87. The Balaban J connectivity index is 1.46. The Morgan fingerprint density at radius 1 is 1.08 bits per heavy atom. The van der Waals surface area contributed by atoms with Crippen LogP contribution in [0, 0.1) is 0 Å². The van der Waals surface area contributed by atoms with Crippen LogP contribution in [0.2, 0.25) is 0 Å². The van der Waals surface area contributed by atoms with E-state index >= 15 is 0 Å². The predicted octanol–water partition coefficient (Wildman–Crippen LogP) is 2.20. The largest absolute Gasteiger partial charge is 0.493 e. The van der Waals surface area contributed by atoms with Gasteiger partial charge in [0, 0.05) is 44.0 Å². The van der Waals surface area contributed by atoms with E-state index in [0.29, 0.717) is 18.0 Å². The first-order chi connectivity index (χ1) is 12.2. The monoisotopic (exact) mass is 347 g/mol. The first-order valence-corrected chi connectivity index (χ1v) is 9.18. The Morgan fingerprint density at radius 2 is 1.76 bits per heavy atom. The summed E-state index contributed by atoms with van der Waals surface area (Å²) < 4.78 is 10.5. The highest BCUT2D eigenvalue weighted by atomic mass is 16.5. The molecule has 1 aromatic carbocycles. The lowest BCUT2D eigenvalue weighted by molar-refractivity contribution is -0.117. The van der Waals surface area contributed by atoms with Crippen LogP contribution in [0.25, 0.3) is 0 Å². The summed E-state index contributed by atoms with van der Waals surface area (Å²) in [5, 5.41) is 2.95. The van der Waals surface area contributed by atoms with E-state index in [9.17, 15) is 4.79 Å². The van der Waals surface area contributed by atoms with E-state index < -0.39 is 0 Å². The maximum atomic E-state index is 12.3. The van der Waals surface area contributed by atoms with Crippen LogP contribution in [0.1, 0.15) is 25.7 Å². The number of rotatable bonds is 6. The van der Waals surface area contributed by atoms with Gasteiger partial charge in [-0.1, -0.05) is 12.8 Å². The second kappa shape index (κ2) is 8.54. The molecule has 0 aromatic heterocycles. The van der Waals surface area contributed by atoms with Gasteiger partial charge in [-0.15, -0.1) is 0 Å². The first-order valence-electron chi connectivity index (χ1n) is 9.18. The zero-order valence-corrected chi connectivity index (χ0v) is 15.3. The topological polar surface area (TPSA) is 54.0 Å². The van der Waals surface area contributed by atoms with Crippen molar-refractivity contribution in [2.75, 3.05) is 52.3 Å². The normalized spacial score (nSPS) is 19.8. The molecule has 0 bridgehead atoms. The van der Waals surface area contributed by atoms with Gasteiger partial charge in [0.2, 0.25) is 5.91 Å². The van der Waals surface area contributed by atoms with Crippen LogP contribution in [-0.2, 0) is 4.79 Å². The van der Waals surface area contributed by atoms with Crippen molar-refractivity contribution < 1.29 is 14.3 Å². The molecule has 2 fully saturated rings. The van der Waals surface area contributed by atoms with Crippen molar-refractivity contribution in [3.8, 4) is 11.5 Å². The first kappa shape index (κ1) is 18.0. The van der Waals surface area contributed by atoms with Gasteiger partial charge in [-0.05, 0) is 25.0 Å². The zero-order valence-electron chi connectivity index (χ0n) is 15.3. The molecule has 0 unspecified atom stereocenters. The summed E-state index contributed by atoms with van der Waals surface area (Å²) in [5.74, 6) is 1.29. The minimum Gasteiger partial charge on any atom is -0.493 e. The summed E-state index contributed by atoms with van der Waals surface area (Å²) in [6.07, 6.45) is 5.44. The number of hydrogen-bond acceptors (Lipinski definition) is 5. The molecule has 1 aliphatic heterocycles. The van der Waals surface area contributed by atoms with Gasteiger partial charge in [0.25, 0.3) is 0 Å². The molecule has 0 atom stereocenters. The molecule has 1 saturated carbocycles. The van der Waals surface area contributed by atoms with Gasteiger partial charge in [0.15, 0.2) is 11.5 Å². The molecular weight excluding hydrogens is 318 g/mol. The van der Waals surface area contributed by atoms with Crippen molar-refractivity contribution >= 4 is 11.6 Å². The minimum atomic E-state index is 0.0153. The van der Waals surface area contributed by atoms with Gasteiger partial charge in [0.1, 0.15) is 0 Å². The molecular formula is C19H29N3O3. The quantitative estimate of drug-likeness (QED) is 0.855. The highest BCUT2D eigenvalue weighted by Gasteiger charge is 2.26. The molecule has 25 heavy (non-hydrogen) atoms.